The number of ether oxygens (including phenoxy) is 2. The molecular formula is C21H20ClN3O3. The predicted octanol–water partition coefficient (Wildman–Crippen LogP) is 4.43. The molecule has 7 heteroatoms. The molecule has 0 aliphatic carbocycles. The van der Waals surface area contributed by atoms with Crippen molar-refractivity contribution in [3.8, 4) is 11.5 Å². The highest BCUT2D eigenvalue weighted by atomic mass is 35.5. The summed E-state index contributed by atoms with van der Waals surface area (Å²) >= 11 is 6.20. The standard InChI is InChI=1S/C21H20ClN3O3/c1-12-20-15(10-19(26)23-21(20)25-24-12)13-7-8-17(18(9-13)27-2)28-11-14-5-3-4-6-16(14)22/h3-9,15H,10-11H2,1-2H3,(H2,23,24,25,26)/t15-/m1/s1. The first-order valence-corrected chi connectivity index (χ1v) is 9.33. The van der Waals surface area contributed by atoms with Gasteiger partial charge in [-0.05, 0) is 30.7 Å². The molecule has 1 atom stereocenters. The number of aromatic amines is 1. The molecular weight excluding hydrogens is 378 g/mol. The average Bonchev–Trinajstić information content (AvgIpc) is 3.07. The molecule has 2 heterocycles. The maximum absolute atomic E-state index is 12.1. The Labute approximate surface area is 167 Å². The minimum atomic E-state index is -0.0889. The number of nitrogens with zero attached hydrogens (tertiary/aromatic N) is 1. The normalized spacial score (nSPS) is 15.7. The van der Waals surface area contributed by atoms with Crippen LogP contribution in [0.4, 0.5) is 5.82 Å². The Morgan fingerprint density at radius 1 is 1.21 bits per heavy atom. The first-order chi connectivity index (χ1) is 13.6. The van der Waals surface area contributed by atoms with Crippen LogP contribution >= 0.6 is 11.6 Å². The number of fused-ring (bicyclic) bond motifs is 1. The number of rotatable bonds is 5. The van der Waals surface area contributed by atoms with Crippen LogP contribution in [0, 0.1) is 6.92 Å². The van der Waals surface area contributed by atoms with E-state index in [1.54, 1.807) is 7.11 Å². The van der Waals surface area contributed by atoms with E-state index in [0.29, 0.717) is 35.4 Å². The van der Waals surface area contributed by atoms with Gasteiger partial charge in [-0.1, -0.05) is 35.9 Å². The number of halogens is 1. The van der Waals surface area contributed by atoms with Gasteiger partial charge in [-0.15, -0.1) is 0 Å². The Kier molecular flexibility index (Phi) is 4.96. The number of benzene rings is 2. The fourth-order valence-corrected chi connectivity index (χ4v) is 3.70. The van der Waals surface area contributed by atoms with Gasteiger partial charge in [0.1, 0.15) is 6.61 Å². The van der Waals surface area contributed by atoms with Crippen molar-refractivity contribution in [2.75, 3.05) is 12.4 Å². The number of anilines is 1. The summed E-state index contributed by atoms with van der Waals surface area (Å²) in [6, 6.07) is 13.3. The van der Waals surface area contributed by atoms with Crippen LogP contribution in [0.25, 0.3) is 0 Å². The van der Waals surface area contributed by atoms with E-state index in [1.165, 1.54) is 0 Å². The van der Waals surface area contributed by atoms with Gasteiger partial charge in [0, 0.05) is 34.2 Å². The Hall–Kier alpha value is -2.99. The van der Waals surface area contributed by atoms with Crippen molar-refractivity contribution >= 4 is 23.3 Å². The number of aryl methyl sites for hydroxylation is 1. The van der Waals surface area contributed by atoms with E-state index in [0.717, 1.165) is 22.4 Å². The fraction of sp³-hybridized carbons (Fsp3) is 0.238. The molecule has 0 bridgehead atoms. The van der Waals surface area contributed by atoms with Crippen molar-refractivity contribution in [2.24, 2.45) is 0 Å². The number of nitrogens with one attached hydrogen (secondary N) is 2. The lowest BCUT2D eigenvalue weighted by molar-refractivity contribution is -0.116. The van der Waals surface area contributed by atoms with Crippen LogP contribution in [-0.4, -0.2) is 23.2 Å². The lowest BCUT2D eigenvalue weighted by Gasteiger charge is -2.24. The van der Waals surface area contributed by atoms with Gasteiger partial charge in [0.15, 0.2) is 17.3 Å². The monoisotopic (exact) mass is 397 g/mol. The lowest BCUT2D eigenvalue weighted by atomic mass is 9.85. The molecule has 28 heavy (non-hydrogen) atoms. The molecule has 6 nitrogen and oxygen atoms in total. The van der Waals surface area contributed by atoms with Crippen molar-refractivity contribution in [1.29, 1.82) is 0 Å². The molecule has 0 radical (unpaired) electrons. The third kappa shape index (κ3) is 3.43. The van der Waals surface area contributed by atoms with Gasteiger partial charge >= 0.3 is 0 Å². The lowest BCUT2D eigenvalue weighted by Crippen LogP contribution is -2.23. The highest BCUT2D eigenvalue weighted by Gasteiger charge is 2.31. The Balaban J connectivity index is 1.62. The Bertz CT molecular complexity index is 1030. The third-order valence-corrected chi connectivity index (χ3v) is 5.29. The van der Waals surface area contributed by atoms with E-state index >= 15 is 0 Å². The SMILES string of the molecule is COc1cc([C@H]2CC(=O)Nc3n[nH]c(C)c32)ccc1OCc1ccccc1Cl. The Morgan fingerprint density at radius 2 is 2.04 bits per heavy atom. The predicted molar refractivity (Wildman–Crippen MR) is 107 cm³/mol. The molecule has 3 aromatic rings. The highest BCUT2D eigenvalue weighted by molar-refractivity contribution is 6.31. The summed E-state index contributed by atoms with van der Waals surface area (Å²) in [6.45, 7) is 2.29. The number of carbonyl (C=O) groups excluding carboxylic acids is 1. The summed E-state index contributed by atoms with van der Waals surface area (Å²) in [5, 5.41) is 10.6. The van der Waals surface area contributed by atoms with Crippen LogP contribution in [0.3, 0.4) is 0 Å². The maximum Gasteiger partial charge on any atom is 0.226 e. The van der Waals surface area contributed by atoms with Gasteiger partial charge in [-0.2, -0.15) is 5.10 Å². The fourth-order valence-electron chi connectivity index (χ4n) is 3.51. The van der Waals surface area contributed by atoms with Gasteiger partial charge < -0.3 is 14.8 Å². The van der Waals surface area contributed by atoms with Crippen LogP contribution in [0.1, 0.15) is 34.7 Å². The van der Waals surface area contributed by atoms with Gasteiger partial charge in [-0.25, -0.2) is 0 Å². The highest BCUT2D eigenvalue weighted by Crippen LogP contribution is 2.40. The Morgan fingerprint density at radius 3 is 2.82 bits per heavy atom. The number of methoxy groups -OCH3 is 1. The molecule has 1 aliphatic rings. The van der Waals surface area contributed by atoms with Crippen molar-refractivity contribution in [2.45, 2.75) is 25.9 Å². The van der Waals surface area contributed by atoms with Gasteiger partial charge in [0.05, 0.1) is 7.11 Å². The number of carbonyl (C=O) groups is 1. The zero-order valence-corrected chi connectivity index (χ0v) is 16.3. The molecule has 0 saturated carbocycles. The number of hydrogen-bond acceptors (Lipinski definition) is 4. The minimum Gasteiger partial charge on any atom is -0.493 e. The van der Waals surface area contributed by atoms with E-state index < -0.39 is 0 Å². The zero-order valence-electron chi connectivity index (χ0n) is 15.6. The molecule has 4 rings (SSSR count). The van der Waals surface area contributed by atoms with E-state index in [4.69, 9.17) is 21.1 Å². The van der Waals surface area contributed by atoms with Crippen LogP contribution in [0.5, 0.6) is 11.5 Å². The molecule has 2 aromatic carbocycles. The topological polar surface area (TPSA) is 76.2 Å². The zero-order chi connectivity index (χ0) is 19.7. The second-order valence-corrected chi connectivity index (χ2v) is 7.11. The van der Waals surface area contributed by atoms with E-state index in [-0.39, 0.29) is 11.8 Å². The summed E-state index contributed by atoms with van der Waals surface area (Å²) in [4.78, 5) is 12.1. The minimum absolute atomic E-state index is 0.0537. The average molecular weight is 398 g/mol. The molecule has 1 amide bonds. The summed E-state index contributed by atoms with van der Waals surface area (Å²) in [5.74, 6) is 1.68. The smallest absolute Gasteiger partial charge is 0.226 e. The van der Waals surface area contributed by atoms with Crippen LogP contribution in [0.15, 0.2) is 42.5 Å². The second-order valence-electron chi connectivity index (χ2n) is 6.71. The molecule has 2 N–H and O–H groups in total. The molecule has 0 saturated heterocycles. The van der Waals surface area contributed by atoms with Crippen molar-refractivity contribution in [3.63, 3.8) is 0 Å². The molecule has 0 spiro atoms. The number of hydrogen-bond donors (Lipinski definition) is 2. The van der Waals surface area contributed by atoms with Crippen molar-refractivity contribution in [3.05, 3.63) is 69.9 Å². The third-order valence-electron chi connectivity index (χ3n) is 4.92. The first-order valence-electron chi connectivity index (χ1n) is 8.95. The van der Waals surface area contributed by atoms with E-state index in [9.17, 15) is 4.79 Å². The van der Waals surface area contributed by atoms with E-state index in [2.05, 4.69) is 15.5 Å². The van der Waals surface area contributed by atoms with Gasteiger partial charge in [0.2, 0.25) is 5.91 Å². The summed E-state index contributed by atoms with van der Waals surface area (Å²) < 4.78 is 11.5. The first kappa shape index (κ1) is 18.4. The van der Waals surface area contributed by atoms with Gasteiger partial charge in [-0.3, -0.25) is 9.89 Å². The summed E-state index contributed by atoms with van der Waals surface area (Å²) in [5.41, 5.74) is 3.82. The summed E-state index contributed by atoms with van der Waals surface area (Å²) in [6.07, 6.45) is 0.357. The molecule has 1 aromatic heterocycles. The van der Waals surface area contributed by atoms with Gasteiger partial charge in [0.25, 0.3) is 0 Å². The van der Waals surface area contributed by atoms with Crippen molar-refractivity contribution < 1.29 is 14.3 Å². The van der Waals surface area contributed by atoms with Crippen molar-refractivity contribution in [1.82, 2.24) is 10.2 Å². The van der Waals surface area contributed by atoms with Crippen LogP contribution in [0.2, 0.25) is 5.02 Å². The van der Waals surface area contributed by atoms with Crippen LogP contribution < -0.4 is 14.8 Å². The van der Waals surface area contributed by atoms with Crippen LogP contribution in [-0.2, 0) is 11.4 Å². The maximum atomic E-state index is 12.1. The molecule has 0 fully saturated rings. The largest absolute Gasteiger partial charge is 0.493 e. The number of H-pyrrole nitrogens is 1. The number of amides is 1. The summed E-state index contributed by atoms with van der Waals surface area (Å²) in [7, 11) is 1.60. The quantitative estimate of drug-likeness (QED) is 0.667. The number of aromatic nitrogens is 2. The molecule has 1 aliphatic heterocycles. The second kappa shape index (κ2) is 7.56. The molecule has 144 valence electrons. The molecule has 0 unspecified atom stereocenters. The van der Waals surface area contributed by atoms with E-state index in [1.807, 2.05) is 49.4 Å².